The molecule has 3 atom stereocenters. The Balaban J connectivity index is 1.28. The number of anilines is 1. The van der Waals surface area contributed by atoms with Crippen molar-refractivity contribution in [2.75, 3.05) is 37.6 Å². The molecule has 43 heavy (non-hydrogen) atoms. The van der Waals surface area contributed by atoms with E-state index >= 15 is 0 Å². The first-order valence-electron chi connectivity index (χ1n) is 16.1. The van der Waals surface area contributed by atoms with Crippen LogP contribution in [0.4, 0.5) is 5.69 Å². The standard InChI is InChI=1S/C38H46N4O/c1-4-12-33(29-13-6-5-7-14-29)41-25-26-42(35(27-41)31-16-9-8-15-30(31)28(2)3)36-19-20-38(36)21-23-40(24-22-38)34-18-11-10-17-32(34)37(39)43/h5-11,13-18,28,33,35-36H,19-27H2,1-3H3,(H2,39,43). The molecule has 5 heteroatoms. The van der Waals surface area contributed by atoms with Crippen LogP contribution in [0.2, 0.25) is 0 Å². The van der Waals surface area contributed by atoms with Gasteiger partial charge in [0.25, 0.3) is 5.91 Å². The van der Waals surface area contributed by atoms with Crippen LogP contribution in [0.25, 0.3) is 0 Å². The van der Waals surface area contributed by atoms with Gasteiger partial charge >= 0.3 is 0 Å². The summed E-state index contributed by atoms with van der Waals surface area (Å²) >= 11 is 0. The third-order valence-electron chi connectivity index (χ3n) is 10.5. The zero-order chi connectivity index (χ0) is 30.0. The van der Waals surface area contributed by atoms with E-state index in [1.165, 1.54) is 29.5 Å². The highest BCUT2D eigenvalue weighted by Crippen LogP contribution is 2.54. The van der Waals surface area contributed by atoms with Crippen LogP contribution in [-0.2, 0) is 0 Å². The molecule has 3 fully saturated rings. The molecule has 3 aromatic rings. The van der Waals surface area contributed by atoms with Crippen LogP contribution in [0.1, 0.15) is 91.5 Å². The Morgan fingerprint density at radius 1 is 0.884 bits per heavy atom. The van der Waals surface area contributed by atoms with Crippen LogP contribution < -0.4 is 10.6 Å². The van der Waals surface area contributed by atoms with Crippen molar-refractivity contribution in [3.63, 3.8) is 0 Å². The predicted molar refractivity (Wildman–Crippen MR) is 176 cm³/mol. The Bertz CT molecular complexity index is 1480. The van der Waals surface area contributed by atoms with E-state index in [0.717, 1.165) is 51.3 Å². The van der Waals surface area contributed by atoms with E-state index < -0.39 is 0 Å². The molecule has 3 aliphatic rings. The molecular formula is C38H46N4O. The number of hydrogen-bond acceptors (Lipinski definition) is 4. The van der Waals surface area contributed by atoms with Crippen molar-refractivity contribution in [3.8, 4) is 11.8 Å². The minimum Gasteiger partial charge on any atom is -0.371 e. The number of benzene rings is 3. The number of primary amides is 1. The normalized spacial score (nSPS) is 22.9. The third-order valence-corrected chi connectivity index (χ3v) is 10.5. The molecule has 0 bridgehead atoms. The van der Waals surface area contributed by atoms with Gasteiger partial charge in [0.15, 0.2) is 0 Å². The summed E-state index contributed by atoms with van der Waals surface area (Å²) in [5, 5.41) is 0. The van der Waals surface area contributed by atoms with Crippen LogP contribution in [0, 0.1) is 17.3 Å². The van der Waals surface area contributed by atoms with Crippen molar-refractivity contribution in [2.24, 2.45) is 11.1 Å². The Labute approximate surface area is 258 Å². The fourth-order valence-corrected chi connectivity index (χ4v) is 8.13. The van der Waals surface area contributed by atoms with E-state index in [0.29, 0.717) is 29.0 Å². The molecule has 2 N–H and O–H groups in total. The van der Waals surface area contributed by atoms with Crippen LogP contribution in [0.15, 0.2) is 78.9 Å². The quantitative estimate of drug-likeness (QED) is 0.316. The molecular weight excluding hydrogens is 528 g/mol. The Hall–Kier alpha value is -3.59. The fraction of sp³-hybridized carbons (Fsp3) is 0.447. The van der Waals surface area contributed by atoms with Gasteiger partial charge in [-0.3, -0.25) is 14.6 Å². The fourth-order valence-electron chi connectivity index (χ4n) is 8.13. The summed E-state index contributed by atoms with van der Waals surface area (Å²) in [6.07, 6.45) is 4.85. The lowest BCUT2D eigenvalue weighted by molar-refractivity contribution is -0.0897. The maximum atomic E-state index is 12.1. The molecule has 224 valence electrons. The number of nitrogens with two attached hydrogens (primary N) is 1. The molecule has 1 aliphatic carbocycles. The molecule has 3 aromatic carbocycles. The monoisotopic (exact) mass is 574 g/mol. The van der Waals surface area contributed by atoms with Crippen LogP contribution in [0.5, 0.6) is 0 Å². The van der Waals surface area contributed by atoms with E-state index in [-0.39, 0.29) is 11.9 Å². The van der Waals surface area contributed by atoms with Gasteiger partial charge in [-0.15, -0.1) is 5.92 Å². The molecule has 0 aromatic heterocycles. The topological polar surface area (TPSA) is 52.8 Å². The van der Waals surface area contributed by atoms with Crippen LogP contribution in [-0.4, -0.2) is 54.5 Å². The Morgan fingerprint density at radius 2 is 1.58 bits per heavy atom. The number of piperazine rings is 1. The zero-order valence-electron chi connectivity index (χ0n) is 26.0. The second-order valence-corrected chi connectivity index (χ2v) is 13.0. The summed E-state index contributed by atoms with van der Waals surface area (Å²) in [6, 6.07) is 28.8. The summed E-state index contributed by atoms with van der Waals surface area (Å²) in [7, 11) is 0. The number of para-hydroxylation sites is 1. The molecule has 1 spiro atoms. The summed E-state index contributed by atoms with van der Waals surface area (Å²) in [5.74, 6) is 6.93. The molecule has 3 unspecified atom stereocenters. The van der Waals surface area contributed by atoms with Gasteiger partial charge in [-0.1, -0.05) is 86.5 Å². The average Bonchev–Trinajstić information content (AvgIpc) is 3.04. The van der Waals surface area contributed by atoms with Gasteiger partial charge in [-0.25, -0.2) is 0 Å². The molecule has 2 heterocycles. The Morgan fingerprint density at radius 3 is 2.26 bits per heavy atom. The van der Waals surface area contributed by atoms with E-state index in [1.807, 2.05) is 25.1 Å². The molecule has 1 saturated carbocycles. The lowest BCUT2D eigenvalue weighted by atomic mass is 9.58. The second kappa shape index (κ2) is 12.6. The molecule has 2 saturated heterocycles. The number of amides is 1. The van der Waals surface area contributed by atoms with Gasteiger partial charge in [-0.05, 0) is 72.8 Å². The smallest absolute Gasteiger partial charge is 0.250 e. The number of hydrogen-bond donors (Lipinski definition) is 1. The molecule has 1 amide bonds. The van der Waals surface area contributed by atoms with E-state index in [2.05, 4.69) is 101 Å². The molecule has 6 rings (SSSR count). The molecule has 0 radical (unpaired) electrons. The minimum atomic E-state index is -0.344. The minimum absolute atomic E-state index is 0.103. The summed E-state index contributed by atoms with van der Waals surface area (Å²) in [5.41, 5.74) is 11.9. The van der Waals surface area contributed by atoms with Crippen LogP contribution in [0.3, 0.4) is 0 Å². The van der Waals surface area contributed by atoms with E-state index in [4.69, 9.17) is 5.73 Å². The first-order valence-corrected chi connectivity index (χ1v) is 16.1. The average molecular weight is 575 g/mol. The number of rotatable bonds is 7. The molecule has 2 aliphatic heterocycles. The van der Waals surface area contributed by atoms with Crippen molar-refractivity contribution in [2.45, 2.75) is 70.5 Å². The van der Waals surface area contributed by atoms with Gasteiger partial charge in [-0.2, -0.15) is 0 Å². The first kappa shape index (κ1) is 29.5. The maximum Gasteiger partial charge on any atom is 0.250 e. The van der Waals surface area contributed by atoms with Gasteiger partial charge in [0.2, 0.25) is 0 Å². The lowest BCUT2D eigenvalue weighted by Crippen LogP contribution is -2.63. The van der Waals surface area contributed by atoms with Gasteiger partial charge in [0.05, 0.1) is 11.6 Å². The van der Waals surface area contributed by atoms with E-state index in [1.54, 1.807) is 0 Å². The number of piperidine rings is 1. The van der Waals surface area contributed by atoms with Gasteiger partial charge < -0.3 is 10.6 Å². The largest absolute Gasteiger partial charge is 0.371 e. The number of nitrogens with zero attached hydrogens (tertiary/aromatic N) is 3. The number of carbonyl (C=O) groups excluding carboxylic acids is 1. The van der Waals surface area contributed by atoms with Crippen molar-refractivity contribution in [1.29, 1.82) is 0 Å². The highest BCUT2D eigenvalue weighted by atomic mass is 16.1. The maximum absolute atomic E-state index is 12.1. The lowest BCUT2D eigenvalue weighted by Gasteiger charge is -2.61. The zero-order valence-corrected chi connectivity index (χ0v) is 26.0. The highest BCUT2D eigenvalue weighted by Gasteiger charge is 2.53. The number of carbonyl (C=O) groups is 1. The third kappa shape index (κ3) is 5.71. The summed E-state index contributed by atoms with van der Waals surface area (Å²) < 4.78 is 0. The first-order chi connectivity index (χ1) is 20.9. The predicted octanol–water partition coefficient (Wildman–Crippen LogP) is 6.78. The summed E-state index contributed by atoms with van der Waals surface area (Å²) in [4.78, 5) is 20.0. The highest BCUT2D eigenvalue weighted by molar-refractivity contribution is 5.98. The van der Waals surface area contributed by atoms with Gasteiger partial charge in [0, 0.05) is 50.5 Å². The van der Waals surface area contributed by atoms with Crippen molar-refractivity contribution in [3.05, 3.63) is 101 Å². The van der Waals surface area contributed by atoms with Crippen molar-refractivity contribution < 1.29 is 4.79 Å². The van der Waals surface area contributed by atoms with Crippen molar-refractivity contribution >= 4 is 11.6 Å². The summed E-state index contributed by atoms with van der Waals surface area (Å²) in [6.45, 7) is 11.6. The molecule has 5 nitrogen and oxygen atoms in total. The Kier molecular flexibility index (Phi) is 8.61. The van der Waals surface area contributed by atoms with Crippen LogP contribution >= 0.6 is 0 Å². The van der Waals surface area contributed by atoms with Crippen molar-refractivity contribution in [1.82, 2.24) is 9.80 Å². The SMILES string of the molecule is CC#CC(c1ccccc1)N1CCN(C2CCC23CCN(c2ccccc2C(N)=O)CC3)C(c2ccccc2C(C)C)C1. The second-order valence-electron chi connectivity index (χ2n) is 13.0. The van der Waals surface area contributed by atoms with Gasteiger partial charge in [0.1, 0.15) is 0 Å². The van der Waals surface area contributed by atoms with E-state index in [9.17, 15) is 4.79 Å².